The Morgan fingerprint density at radius 1 is 1.16 bits per heavy atom. The molecule has 2 saturated heterocycles. The van der Waals surface area contributed by atoms with Gasteiger partial charge in [0.15, 0.2) is 0 Å². The van der Waals surface area contributed by atoms with Crippen LogP contribution >= 0.6 is 0 Å². The highest BCUT2D eigenvalue weighted by atomic mass is 16.5. The molecule has 32 heavy (non-hydrogen) atoms. The zero-order chi connectivity index (χ0) is 22.1. The Balaban J connectivity index is 1.25. The highest BCUT2D eigenvalue weighted by Crippen LogP contribution is 2.37. The lowest BCUT2D eigenvalue weighted by atomic mass is 10.2. The highest BCUT2D eigenvalue weighted by molar-refractivity contribution is 5.88. The van der Waals surface area contributed by atoms with E-state index in [9.17, 15) is 9.90 Å². The summed E-state index contributed by atoms with van der Waals surface area (Å²) in [6, 6.07) is 16.4. The minimum atomic E-state index is -0.872. The molecule has 1 aromatic carbocycles. The standard InChI is InChI=1S/C24H27N5O3/c1-32-22-8-7-20-23(26-22)21(9-10-25-20)29-16-18-13-19(29)15-27(18)11-12-28(24(30)31)14-17-5-3-2-4-6-17/h2-10,18-19H,11-16H2,1H3,(H,30,31)/t18-,19-/m0/s1. The zero-order valence-corrected chi connectivity index (χ0v) is 18.1. The minimum Gasteiger partial charge on any atom is -0.481 e. The van der Waals surface area contributed by atoms with Crippen LogP contribution in [0.4, 0.5) is 10.5 Å². The van der Waals surface area contributed by atoms with Crippen LogP contribution in [0, 0.1) is 0 Å². The number of methoxy groups -OCH3 is 1. The molecule has 0 aliphatic carbocycles. The van der Waals surface area contributed by atoms with Gasteiger partial charge in [0.2, 0.25) is 5.88 Å². The maximum atomic E-state index is 11.8. The molecule has 2 atom stereocenters. The van der Waals surface area contributed by atoms with Crippen molar-refractivity contribution in [2.75, 3.05) is 38.2 Å². The number of fused-ring (bicyclic) bond motifs is 3. The van der Waals surface area contributed by atoms with Crippen LogP contribution in [-0.4, -0.2) is 76.3 Å². The number of hydrogen-bond donors (Lipinski definition) is 1. The second-order valence-corrected chi connectivity index (χ2v) is 8.43. The highest BCUT2D eigenvalue weighted by Gasteiger charge is 2.43. The molecule has 0 saturated carbocycles. The smallest absolute Gasteiger partial charge is 0.407 e. The van der Waals surface area contributed by atoms with Crippen molar-refractivity contribution < 1.29 is 14.6 Å². The maximum absolute atomic E-state index is 11.8. The average Bonchev–Trinajstić information content (AvgIpc) is 3.42. The molecule has 8 heteroatoms. The van der Waals surface area contributed by atoms with Crippen LogP contribution in [0.25, 0.3) is 11.0 Å². The molecule has 1 amide bonds. The van der Waals surface area contributed by atoms with Crippen molar-refractivity contribution in [1.29, 1.82) is 0 Å². The summed E-state index contributed by atoms with van der Waals surface area (Å²) in [5.41, 5.74) is 3.83. The number of amides is 1. The SMILES string of the molecule is COc1ccc2nccc(N3C[C@@H]4C[C@H]3CN4CCN(Cc3ccccc3)C(=O)O)c2n1. The third-order valence-corrected chi connectivity index (χ3v) is 6.55. The van der Waals surface area contributed by atoms with Crippen LogP contribution in [-0.2, 0) is 6.54 Å². The summed E-state index contributed by atoms with van der Waals surface area (Å²) in [5, 5.41) is 9.65. The van der Waals surface area contributed by atoms with Gasteiger partial charge in [-0.15, -0.1) is 0 Å². The Labute approximate surface area is 187 Å². The Kier molecular flexibility index (Phi) is 5.53. The molecule has 2 fully saturated rings. The largest absolute Gasteiger partial charge is 0.481 e. The van der Waals surface area contributed by atoms with Crippen molar-refractivity contribution in [2.24, 2.45) is 0 Å². The van der Waals surface area contributed by atoms with Gasteiger partial charge < -0.3 is 19.6 Å². The number of pyridine rings is 2. The number of benzene rings is 1. The normalized spacial score (nSPS) is 20.1. The van der Waals surface area contributed by atoms with E-state index in [1.807, 2.05) is 54.7 Å². The van der Waals surface area contributed by atoms with Gasteiger partial charge in [-0.3, -0.25) is 9.88 Å². The number of likely N-dealkylation sites (tertiary alicyclic amines) is 1. The molecular formula is C24H27N5O3. The molecule has 2 aromatic heterocycles. The molecular weight excluding hydrogens is 406 g/mol. The van der Waals surface area contributed by atoms with Gasteiger partial charge in [-0.1, -0.05) is 30.3 Å². The number of nitrogens with zero attached hydrogens (tertiary/aromatic N) is 5. The molecule has 5 rings (SSSR count). The van der Waals surface area contributed by atoms with Gasteiger partial charge in [-0.2, -0.15) is 0 Å². The summed E-state index contributed by atoms with van der Waals surface area (Å²) < 4.78 is 5.32. The third kappa shape index (κ3) is 3.93. The van der Waals surface area contributed by atoms with Gasteiger partial charge >= 0.3 is 6.09 Å². The lowest BCUT2D eigenvalue weighted by Gasteiger charge is -2.36. The van der Waals surface area contributed by atoms with Gasteiger partial charge in [-0.05, 0) is 24.1 Å². The van der Waals surface area contributed by atoms with Crippen molar-refractivity contribution in [3.05, 3.63) is 60.3 Å². The van der Waals surface area contributed by atoms with E-state index in [-0.39, 0.29) is 0 Å². The zero-order valence-electron chi connectivity index (χ0n) is 18.1. The molecule has 4 heterocycles. The number of piperazine rings is 1. The van der Waals surface area contributed by atoms with Crippen LogP contribution in [0.15, 0.2) is 54.7 Å². The number of anilines is 1. The van der Waals surface area contributed by atoms with E-state index in [0.717, 1.165) is 48.3 Å². The minimum absolute atomic E-state index is 0.394. The molecule has 1 N–H and O–H groups in total. The lowest BCUT2D eigenvalue weighted by Crippen LogP contribution is -2.49. The number of hydrogen-bond acceptors (Lipinski definition) is 6. The Bertz CT molecular complexity index is 1110. The van der Waals surface area contributed by atoms with Crippen LogP contribution in [0.5, 0.6) is 5.88 Å². The lowest BCUT2D eigenvalue weighted by molar-refractivity contribution is 0.130. The molecule has 166 valence electrons. The van der Waals surface area contributed by atoms with Crippen molar-refractivity contribution in [3.8, 4) is 5.88 Å². The van der Waals surface area contributed by atoms with E-state index < -0.39 is 6.09 Å². The first-order valence-electron chi connectivity index (χ1n) is 10.9. The molecule has 0 unspecified atom stereocenters. The summed E-state index contributed by atoms with van der Waals surface area (Å²) >= 11 is 0. The Hall–Kier alpha value is -3.39. The quantitative estimate of drug-likeness (QED) is 0.613. The number of rotatable bonds is 7. The molecule has 0 radical (unpaired) electrons. The monoisotopic (exact) mass is 433 g/mol. The van der Waals surface area contributed by atoms with Crippen molar-refractivity contribution in [1.82, 2.24) is 19.8 Å². The van der Waals surface area contributed by atoms with Crippen LogP contribution < -0.4 is 9.64 Å². The van der Waals surface area contributed by atoms with E-state index in [0.29, 0.717) is 31.1 Å². The topological polar surface area (TPSA) is 82.0 Å². The summed E-state index contributed by atoms with van der Waals surface area (Å²) in [4.78, 5) is 27.2. The number of aromatic nitrogens is 2. The van der Waals surface area contributed by atoms with Gasteiger partial charge in [0.25, 0.3) is 0 Å². The maximum Gasteiger partial charge on any atom is 0.407 e. The van der Waals surface area contributed by atoms with E-state index in [2.05, 4.69) is 19.8 Å². The third-order valence-electron chi connectivity index (χ3n) is 6.55. The second-order valence-electron chi connectivity index (χ2n) is 8.43. The predicted molar refractivity (Wildman–Crippen MR) is 122 cm³/mol. The molecule has 3 aromatic rings. The summed E-state index contributed by atoms with van der Waals surface area (Å²) in [5.74, 6) is 0.588. The van der Waals surface area contributed by atoms with Gasteiger partial charge in [0, 0.05) is 57.1 Å². The molecule has 2 bridgehead atoms. The van der Waals surface area contributed by atoms with Crippen LogP contribution in [0.1, 0.15) is 12.0 Å². The van der Waals surface area contributed by atoms with Crippen LogP contribution in [0.3, 0.4) is 0 Å². The fourth-order valence-corrected chi connectivity index (χ4v) is 4.95. The average molecular weight is 434 g/mol. The first kappa shape index (κ1) is 20.5. The van der Waals surface area contributed by atoms with Gasteiger partial charge in [0.05, 0.1) is 18.3 Å². The Morgan fingerprint density at radius 3 is 2.72 bits per heavy atom. The number of ether oxygens (including phenoxy) is 1. The first-order valence-corrected chi connectivity index (χ1v) is 10.9. The number of carbonyl (C=O) groups is 1. The molecule has 2 aliphatic heterocycles. The van der Waals surface area contributed by atoms with E-state index in [4.69, 9.17) is 4.74 Å². The van der Waals surface area contributed by atoms with E-state index in [1.165, 1.54) is 4.90 Å². The molecule has 2 aliphatic rings. The van der Waals surface area contributed by atoms with Crippen molar-refractivity contribution in [2.45, 2.75) is 25.0 Å². The fraction of sp³-hybridized carbons (Fsp3) is 0.375. The Morgan fingerprint density at radius 2 is 2.00 bits per heavy atom. The van der Waals surface area contributed by atoms with Gasteiger partial charge in [-0.25, -0.2) is 9.78 Å². The molecule has 8 nitrogen and oxygen atoms in total. The summed E-state index contributed by atoms with van der Waals surface area (Å²) in [7, 11) is 1.62. The summed E-state index contributed by atoms with van der Waals surface area (Å²) in [6.45, 7) is 3.51. The van der Waals surface area contributed by atoms with Crippen molar-refractivity contribution >= 4 is 22.8 Å². The van der Waals surface area contributed by atoms with E-state index in [1.54, 1.807) is 7.11 Å². The van der Waals surface area contributed by atoms with Crippen molar-refractivity contribution in [3.63, 3.8) is 0 Å². The first-order chi connectivity index (χ1) is 15.6. The van der Waals surface area contributed by atoms with Gasteiger partial charge in [0.1, 0.15) is 5.52 Å². The predicted octanol–water partition coefficient (Wildman–Crippen LogP) is 3.08. The number of carboxylic acid groups (broad SMARTS) is 1. The fourth-order valence-electron chi connectivity index (χ4n) is 4.95. The summed E-state index contributed by atoms with van der Waals surface area (Å²) in [6.07, 6.45) is 2.05. The van der Waals surface area contributed by atoms with E-state index >= 15 is 0 Å². The second kappa shape index (κ2) is 8.63. The molecule has 0 spiro atoms. The van der Waals surface area contributed by atoms with Crippen LogP contribution in [0.2, 0.25) is 0 Å².